The third kappa shape index (κ3) is 3.87. The molecule has 1 aliphatic heterocycles. The first-order chi connectivity index (χ1) is 13.9. The third-order valence-corrected chi connectivity index (χ3v) is 4.80. The second-order valence-electron chi connectivity index (χ2n) is 6.44. The summed E-state index contributed by atoms with van der Waals surface area (Å²) in [6, 6.07) is 7.93. The van der Waals surface area contributed by atoms with E-state index in [1.807, 2.05) is 5.32 Å². The molecule has 30 heavy (non-hydrogen) atoms. The SMILES string of the molecule is CC1(c2nc(Br)ccc2F)N=C(NC(=O)c2ccccc2)O[C@H](C(F)(F)F)C1(F)F. The highest BCUT2D eigenvalue weighted by Gasteiger charge is 2.70. The average molecular weight is 496 g/mol. The number of ether oxygens (including phenoxy) is 1. The minimum atomic E-state index is -5.56. The first kappa shape index (κ1) is 22.1. The highest BCUT2D eigenvalue weighted by atomic mass is 79.9. The molecule has 3 rings (SSSR count). The number of nitrogens with zero attached hydrogens (tertiary/aromatic N) is 2. The molecule has 1 unspecified atom stereocenters. The predicted molar refractivity (Wildman–Crippen MR) is 96.5 cm³/mol. The van der Waals surface area contributed by atoms with Crippen molar-refractivity contribution < 1.29 is 35.9 Å². The van der Waals surface area contributed by atoms with Crippen molar-refractivity contribution in [2.75, 3.05) is 0 Å². The zero-order chi connectivity index (χ0) is 22.3. The summed E-state index contributed by atoms with van der Waals surface area (Å²) in [6.07, 6.45) is -9.27. The molecule has 12 heteroatoms. The van der Waals surface area contributed by atoms with Gasteiger partial charge in [-0.2, -0.15) is 22.0 Å². The van der Waals surface area contributed by atoms with Gasteiger partial charge in [-0.25, -0.2) is 14.4 Å². The number of carbonyl (C=O) groups excluding carboxylic acids is 1. The molecule has 0 bridgehead atoms. The van der Waals surface area contributed by atoms with Crippen LogP contribution in [0.3, 0.4) is 0 Å². The van der Waals surface area contributed by atoms with Gasteiger partial charge in [-0.05, 0) is 47.1 Å². The van der Waals surface area contributed by atoms with Crippen molar-refractivity contribution in [1.82, 2.24) is 10.3 Å². The number of rotatable bonds is 2. The number of hydrogen-bond acceptors (Lipinski definition) is 4. The van der Waals surface area contributed by atoms with Crippen LogP contribution in [0, 0.1) is 5.82 Å². The van der Waals surface area contributed by atoms with Crippen molar-refractivity contribution >= 4 is 27.9 Å². The molecule has 1 aliphatic rings. The van der Waals surface area contributed by atoms with Gasteiger partial charge in [0.25, 0.3) is 18.0 Å². The Hall–Kier alpha value is -2.63. The Kier molecular flexibility index (Phi) is 5.56. The normalized spacial score (nSPS) is 23.3. The molecule has 2 heterocycles. The van der Waals surface area contributed by atoms with E-state index in [0.717, 1.165) is 12.1 Å². The van der Waals surface area contributed by atoms with Crippen LogP contribution in [-0.2, 0) is 10.3 Å². The average Bonchev–Trinajstić information content (AvgIpc) is 2.66. The van der Waals surface area contributed by atoms with Gasteiger partial charge in [-0.15, -0.1) is 0 Å². The molecule has 2 aromatic rings. The van der Waals surface area contributed by atoms with Crippen LogP contribution in [0.2, 0.25) is 0 Å². The van der Waals surface area contributed by atoms with E-state index in [2.05, 4.69) is 30.6 Å². The summed E-state index contributed by atoms with van der Waals surface area (Å²) in [7, 11) is 0. The molecular formula is C18H12BrF6N3O2. The fourth-order valence-corrected chi connectivity index (χ4v) is 3.11. The predicted octanol–water partition coefficient (Wildman–Crippen LogP) is 4.58. The zero-order valence-corrected chi connectivity index (χ0v) is 16.6. The minimum absolute atomic E-state index is 0.0122. The van der Waals surface area contributed by atoms with Crippen molar-refractivity contribution in [2.45, 2.75) is 30.7 Å². The van der Waals surface area contributed by atoms with Gasteiger partial charge >= 0.3 is 12.1 Å². The Morgan fingerprint density at radius 3 is 2.40 bits per heavy atom. The monoisotopic (exact) mass is 495 g/mol. The number of alkyl halides is 5. The Balaban J connectivity index is 2.13. The van der Waals surface area contributed by atoms with Gasteiger partial charge in [-0.1, -0.05) is 18.2 Å². The van der Waals surface area contributed by atoms with E-state index < -0.39 is 47.2 Å². The zero-order valence-electron chi connectivity index (χ0n) is 15.0. The van der Waals surface area contributed by atoms with E-state index >= 15 is 0 Å². The number of nitrogens with one attached hydrogen (secondary N) is 1. The summed E-state index contributed by atoms with van der Waals surface area (Å²) in [6.45, 7) is 0.584. The lowest BCUT2D eigenvalue weighted by Crippen LogP contribution is -2.62. The van der Waals surface area contributed by atoms with Gasteiger partial charge in [0.05, 0.1) is 0 Å². The smallest absolute Gasteiger partial charge is 0.431 e. The summed E-state index contributed by atoms with van der Waals surface area (Å²) < 4.78 is 88.7. The molecule has 2 atom stereocenters. The van der Waals surface area contributed by atoms with Crippen molar-refractivity contribution in [3.63, 3.8) is 0 Å². The van der Waals surface area contributed by atoms with Crippen LogP contribution in [0.25, 0.3) is 0 Å². The topological polar surface area (TPSA) is 63.6 Å². The lowest BCUT2D eigenvalue weighted by Gasteiger charge is -2.42. The van der Waals surface area contributed by atoms with Crippen LogP contribution < -0.4 is 5.32 Å². The Morgan fingerprint density at radius 2 is 1.80 bits per heavy atom. The molecule has 1 amide bonds. The van der Waals surface area contributed by atoms with Crippen LogP contribution in [0.15, 0.2) is 52.1 Å². The summed E-state index contributed by atoms with van der Waals surface area (Å²) in [4.78, 5) is 19.3. The number of aliphatic imine (C=N–C) groups is 1. The number of benzene rings is 1. The highest BCUT2D eigenvalue weighted by Crippen LogP contribution is 2.50. The van der Waals surface area contributed by atoms with Crippen molar-refractivity contribution in [3.05, 3.63) is 64.1 Å². The van der Waals surface area contributed by atoms with Gasteiger partial charge in [0.15, 0.2) is 5.54 Å². The number of aromatic nitrogens is 1. The largest absolute Gasteiger partial charge is 0.445 e. The Bertz CT molecular complexity index is 999. The molecule has 0 fully saturated rings. The molecular weight excluding hydrogens is 484 g/mol. The van der Waals surface area contributed by atoms with Crippen LogP contribution in [0.4, 0.5) is 26.3 Å². The Labute approximate surface area is 174 Å². The van der Waals surface area contributed by atoms with Crippen LogP contribution in [-0.4, -0.2) is 35.1 Å². The van der Waals surface area contributed by atoms with Crippen molar-refractivity contribution in [2.24, 2.45) is 4.99 Å². The molecule has 0 saturated carbocycles. The number of amidine groups is 1. The molecule has 5 nitrogen and oxygen atoms in total. The summed E-state index contributed by atoms with van der Waals surface area (Å²) in [5, 5.41) is 1.93. The van der Waals surface area contributed by atoms with E-state index in [4.69, 9.17) is 0 Å². The van der Waals surface area contributed by atoms with E-state index in [1.54, 1.807) is 6.07 Å². The number of amides is 1. The summed E-state index contributed by atoms with van der Waals surface area (Å²) in [5.74, 6) is -7.02. The van der Waals surface area contributed by atoms with Gasteiger partial charge in [0.2, 0.25) is 0 Å². The van der Waals surface area contributed by atoms with Gasteiger partial charge in [-0.3, -0.25) is 10.1 Å². The van der Waals surface area contributed by atoms with Crippen LogP contribution in [0.5, 0.6) is 0 Å². The van der Waals surface area contributed by atoms with E-state index in [-0.39, 0.29) is 10.2 Å². The Morgan fingerprint density at radius 1 is 1.17 bits per heavy atom. The van der Waals surface area contributed by atoms with Gasteiger partial charge < -0.3 is 4.74 Å². The number of carbonyl (C=O) groups is 1. The molecule has 0 spiro atoms. The summed E-state index contributed by atoms with van der Waals surface area (Å²) >= 11 is 2.87. The number of halogens is 7. The summed E-state index contributed by atoms with van der Waals surface area (Å²) in [5.41, 5.74) is -4.18. The number of pyridine rings is 1. The molecule has 1 aromatic heterocycles. The van der Waals surface area contributed by atoms with E-state index in [9.17, 15) is 31.1 Å². The lowest BCUT2D eigenvalue weighted by atomic mass is 9.85. The van der Waals surface area contributed by atoms with Gasteiger partial charge in [0.1, 0.15) is 16.1 Å². The van der Waals surface area contributed by atoms with Crippen LogP contribution >= 0.6 is 15.9 Å². The lowest BCUT2D eigenvalue weighted by molar-refractivity contribution is -0.288. The maximum absolute atomic E-state index is 15.0. The third-order valence-electron chi connectivity index (χ3n) is 4.36. The second kappa shape index (κ2) is 7.56. The molecule has 1 N–H and O–H groups in total. The molecule has 1 aromatic carbocycles. The fraction of sp³-hybridized carbons (Fsp3) is 0.278. The fourth-order valence-electron chi connectivity index (χ4n) is 2.80. The molecule has 0 aliphatic carbocycles. The first-order valence-corrected chi connectivity index (χ1v) is 9.05. The maximum atomic E-state index is 15.0. The second-order valence-corrected chi connectivity index (χ2v) is 7.25. The molecule has 160 valence electrons. The highest BCUT2D eigenvalue weighted by molar-refractivity contribution is 9.10. The first-order valence-electron chi connectivity index (χ1n) is 8.26. The minimum Gasteiger partial charge on any atom is -0.445 e. The van der Waals surface area contributed by atoms with Crippen molar-refractivity contribution in [3.8, 4) is 0 Å². The quantitative estimate of drug-likeness (QED) is 0.489. The standard InChI is InChI=1S/C18H12BrF6N3O2/c1-16(12-10(20)7-8-11(19)26-12)17(21,22)14(18(23,24)25)30-15(28-16)27-13(29)9-5-3-2-4-6-9/h2-8,14H,1H3,(H,27,28,29)/t14-,16?/m0/s1. The van der Waals surface area contributed by atoms with Crippen LogP contribution in [0.1, 0.15) is 23.0 Å². The molecule has 0 saturated heterocycles. The van der Waals surface area contributed by atoms with Crippen molar-refractivity contribution in [1.29, 1.82) is 0 Å². The maximum Gasteiger partial charge on any atom is 0.431 e. The molecule has 0 radical (unpaired) electrons. The van der Waals surface area contributed by atoms with E-state index in [1.165, 1.54) is 24.3 Å². The van der Waals surface area contributed by atoms with E-state index in [0.29, 0.717) is 6.92 Å². The van der Waals surface area contributed by atoms with Gasteiger partial charge in [0, 0.05) is 5.56 Å². The number of hydrogen-bond donors (Lipinski definition) is 1.